The van der Waals surface area contributed by atoms with Crippen molar-refractivity contribution >= 4 is 0 Å². The molecule has 1 aliphatic rings. The largest absolute Gasteiger partial charge is 0.326 e. The zero-order valence-electron chi connectivity index (χ0n) is 11.8. The van der Waals surface area contributed by atoms with Gasteiger partial charge in [0.2, 0.25) is 0 Å². The van der Waals surface area contributed by atoms with E-state index in [4.69, 9.17) is 5.73 Å². The van der Waals surface area contributed by atoms with Crippen LogP contribution in [0.2, 0.25) is 0 Å². The van der Waals surface area contributed by atoms with Crippen molar-refractivity contribution in [3.63, 3.8) is 0 Å². The van der Waals surface area contributed by atoms with Crippen LogP contribution < -0.4 is 5.73 Å². The number of nitrogens with two attached hydrogens (primary N) is 1. The summed E-state index contributed by atoms with van der Waals surface area (Å²) in [4.78, 5) is 2.60. The molecule has 1 aromatic rings. The quantitative estimate of drug-likeness (QED) is 0.887. The van der Waals surface area contributed by atoms with Gasteiger partial charge in [0.05, 0.1) is 0 Å². The number of hydrogen-bond acceptors (Lipinski definition) is 2. The molecule has 1 aliphatic heterocycles. The third-order valence-corrected chi connectivity index (χ3v) is 4.19. The Morgan fingerprint density at radius 1 is 1.22 bits per heavy atom. The van der Waals surface area contributed by atoms with Gasteiger partial charge in [-0.05, 0) is 44.7 Å². The van der Waals surface area contributed by atoms with E-state index in [1.54, 1.807) is 0 Å². The standard InChI is InChI=1S/C16H26N2/c1-12-9-10-18(13(2)11-12)16(14(3)17)15-7-5-4-6-8-15/h4-8,12-14,16H,9-11,17H2,1-3H3. The number of nitrogens with zero attached hydrogens (tertiary/aromatic N) is 1. The Balaban J connectivity index is 2.21. The molecule has 1 aromatic carbocycles. The summed E-state index contributed by atoms with van der Waals surface area (Å²) < 4.78 is 0. The molecule has 4 atom stereocenters. The summed E-state index contributed by atoms with van der Waals surface area (Å²) in [5.74, 6) is 0.848. The van der Waals surface area contributed by atoms with Crippen LogP contribution in [0.25, 0.3) is 0 Å². The van der Waals surface area contributed by atoms with Gasteiger partial charge >= 0.3 is 0 Å². The predicted octanol–water partition coefficient (Wildman–Crippen LogP) is 3.20. The lowest BCUT2D eigenvalue weighted by atomic mass is 9.89. The number of rotatable bonds is 3. The maximum Gasteiger partial charge on any atom is 0.0499 e. The van der Waals surface area contributed by atoms with Gasteiger partial charge in [-0.3, -0.25) is 4.90 Å². The van der Waals surface area contributed by atoms with Gasteiger partial charge < -0.3 is 5.73 Å². The van der Waals surface area contributed by atoms with E-state index in [9.17, 15) is 0 Å². The first-order valence-electron chi connectivity index (χ1n) is 7.16. The van der Waals surface area contributed by atoms with Crippen molar-refractivity contribution in [1.29, 1.82) is 0 Å². The van der Waals surface area contributed by atoms with E-state index in [0.717, 1.165) is 5.92 Å². The summed E-state index contributed by atoms with van der Waals surface area (Å²) in [5, 5.41) is 0. The number of likely N-dealkylation sites (tertiary alicyclic amines) is 1. The summed E-state index contributed by atoms with van der Waals surface area (Å²) >= 11 is 0. The van der Waals surface area contributed by atoms with Gasteiger partial charge in [0.25, 0.3) is 0 Å². The average Bonchev–Trinajstić information content (AvgIpc) is 2.33. The van der Waals surface area contributed by atoms with Crippen molar-refractivity contribution in [1.82, 2.24) is 4.90 Å². The molecule has 18 heavy (non-hydrogen) atoms. The molecule has 100 valence electrons. The molecule has 0 amide bonds. The van der Waals surface area contributed by atoms with Crippen LogP contribution in [-0.4, -0.2) is 23.5 Å². The topological polar surface area (TPSA) is 29.3 Å². The molecular formula is C16H26N2. The van der Waals surface area contributed by atoms with Gasteiger partial charge in [-0.15, -0.1) is 0 Å². The van der Waals surface area contributed by atoms with Crippen molar-refractivity contribution in [2.24, 2.45) is 11.7 Å². The highest BCUT2D eigenvalue weighted by Crippen LogP contribution is 2.32. The minimum Gasteiger partial charge on any atom is -0.326 e. The van der Waals surface area contributed by atoms with Gasteiger partial charge in [-0.2, -0.15) is 0 Å². The smallest absolute Gasteiger partial charge is 0.0499 e. The number of benzene rings is 1. The molecule has 0 saturated carbocycles. The molecule has 0 radical (unpaired) electrons. The number of piperidine rings is 1. The normalized spacial score (nSPS) is 28.9. The fourth-order valence-corrected chi connectivity index (χ4v) is 3.29. The third kappa shape index (κ3) is 2.93. The minimum absolute atomic E-state index is 0.170. The molecule has 0 spiro atoms. The van der Waals surface area contributed by atoms with Crippen LogP contribution in [0.1, 0.15) is 45.2 Å². The lowest BCUT2D eigenvalue weighted by Gasteiger charge is -2.43. The van der Waals surface area contributed by atoms with E-state index >= 15 is 0 Å². The molecule has 2 rings (SSSR count). The van der Waals surface area contributed by atoms with Crippen LogP contribution in [0.5, 0.6) is 0 Å². The van der Waals surface area contributed by atoms with E-state index in [-0.39, 0.29) is 6.04 Å². The lowest BCUT2D eigenvalue weighted by molar-refractivity contribution is 0.0708. The number of hydrogen-bond donors (Lipinski definition) is 1. The Bertz CT molecular complexity index is 361. The zero-order valence-corrected chi connectivity index (χ0v) is 11.8. The van der Waals surface area contributed by atoms with Gasteiger partial charge in [0.1, 0.15) is 0 Å². The zero-order chi connectivity index (χ0) is 13.1. The van der Waals surface area contributed by atoms with E-state index in [1.807, 2.05) is 0 Å². The maximum atomic E-state index is 6.25. The molecular weight excluding hydrogens is 220 g/mol. The van der Waals surface area contributed by atoms with E-state index in [0.29, 0.717) is 12.1 Å². The average molecular weight is 246 g/mol. The van der Waals surface area contributed by atoms with Crippen LogP contribution in [0, 0.1) is 5.92 Å². The first-order chi connectivity index (χ1) is 8.59. The molecule has 1 heterocycles. The van der Waals surface area contributed by atoms with Crippen molar-refractivity contribution in [2.75, 3.05) is 6.54 Å². The minimum atomic E-state index is 0.170. The molecule has 4 unspecified atom stereocenters. The van der Waals surface area contributed by atoms with Crippen LogP contribution in [0.4, 0.5) is 0 Å². The Labute approximate surface area is 111 Å². The van der Waals surface area contributed by atoms with Crippen molar-refractivity contribution < 1.29 is 0 Å². The van der Waals surface area contributed by atoms with Gasteiger partial charge in [-0.25, -0.2) is 0 Å². The summed E-state index contributed by atoms with van der Waals surface area (Å²) in [6, 6.07) is 11.9. The Morgan fingerprint density at radius 3 is 2.44 bits per heavy atom. The third-order valence-electron chi connectivity index (χ3n) is 4.19. The van der Waals surface area contributed by atoms with Gasteiger partial charge in [-0.1, -0.05) is 37.3 Å². The van der Waals surface area contributed by atoms with E-state index in [1.165, 1.54) is 24.9 Å². The molecule has 0 aliphatic carbocycles. The SMILES string of the molecule is CC1CCN(C(c2ccccc2)C(C)N)C(C)C1. The van der Waals surface area contributed by atoms with Crippen LogP contribution >= 0.6 is 0 Å². The highest BCUT2D eigenvalue weighted by Gasteiger charge is 2.31. The summed E-state index contributed by atoms with van der Waals surface area (Å²) in [6.45, 7) is 8.00. The molecule has 0 aromatic heterocycles. The van der Waals surface area contributed by atoms with E-state index < -0.39 is 0 Å². The summed E-state index contributed by atoms with van der Waals surface area (Å²) in [6.07, 6.45) is 2.58. The maximum absolute atomic E-state index is 6.25. The summed E-state index contributed by atoms with van der Waals surface area (Å²) in [5.41, 5.74) is 7.61. The molecule has 1 fully saturated rings. The van der Waals surface area contributed by atoms with Gasteiger partial charge in [0.15, 0.2) is 0 Å². The van der Waals surface area contributed by atoms with Crippen molar-refractivity contribution in [3.05, 3.63) is 35.9 Å². The molecule has 2 heteroatoms. The monoisotopic (exact) mass is 246 g/mol. The van der Waals surface area contributed by atoms with Gasteiger partial charge in [0, 0.05) is 18.1 Å². The van der Waals surface area contributed by atoms with E-state index in [2.05, 4.69) is 56.0 Å². The summed E-state index contributed by atoms with van der Waals surface area (Å²) in [7, 11) is 0. The second kappa shape index (κ2) is 5.85. The highest BCUT2D eigenvalue weighted by molar-refractivity contribution is 5.21. The second-order valence-electron chi connectivity index (χ2n) is 5.93. The second-order valence-corrected chi connectivity index (χ2v) is 5.93. The van der Waals surface area contributed by atoms with Crippen LogP contribution in [0.15, 0.2) is 30.3 Å². The lowest BCUT2D eigenvalue weighted by Crippen LogP contribution is -2.47. The fraction of sp³-hybridized carbons (Fsp3) is 0.625. The molecule has 1 saturated heterocycles. The Morgan fingerprint density at radius 2 is 1.89 bits per heavy atom. The fourth-order valence-electron chi connectivity index (χ4n) is 3.29. The predicted molar refractivity (Wildman–Crippen MR) is 77.4 cm³/mol. The van der Waals surface area contributed by atoms with Crippen molar-refractivity contribution in [2.45, 2.75) is 51.7 Å². The molecule has 2 nitrogen and oxygen atoms in total. The van der Waals surface area contributed by atoms with Crippen LogP contribution in [0.3, 0.4) is 0 Å². The molecule has 2 N–H and O–H groups in total. The Hall–Kier alpha value is -0.860. The first-order valence-corrected chi connectivity index (χ1v) is 7.16. The molecule has 0 bridgehead atoms. The Kier molecular flexibility index (Phi) is 4.41. The van der Waals surface area contributed by atoms with Crippen molar-refractivity contribution in [3.8, 4) is 0 Å². The van der Waals surface area contributed by atoms with Crippen LogP contribution in [-0.2, 0) is 0 Å². The highest BCUT2D eigenvalue weighted by atomic mass is 15.2. The first kappa shape index (κ1) is 13.6.